The van der Waals surface area contributed by atoms with Crippen LogP contribution in [0.15, 0.2) is 54.6 Å². The molecule has 0 atom stereocenters. The molecule has 5 rings (SSSR count). The molecule has 1 saturated carbocycles. The van der Waals surface area contributed by atoms with E-state index < -0.39 is 5.41 Å². The van der Waals surface area contributed by atoms with E-state index in [9.17, 15) is 14.0 Å². The van der Waals surface area contributed by atoms with Crippen molar-refractivity contribution in [3.63, 3.8) is 0 Å². The number of halogens is 1. The van der Waals surface area contributed by atoms with Gasteiger partial charge in [0.15, 0.2) is 0 Å². The lowest BCUT2D eigenvalue weighted by atomic mass is 9.73. The molecule has 2 heterocycles. The van der Waals surface area contributed by atoms with E-state index >= 15 is 0 Å². The van der Waals surface area contributed by atoms with Gasteiger partial charge in [0.1, 0.15) is 11.6 Å². The number of carbonyl (C=O) groups excluding carboxylic acids is 2. The lowest BCUT2D eigenvalue weighted by molar-refractivity contribution is -0.143. The highest BCUT2D eigenvalue weighted by Gasteiger charge is 2.47. The van der Waals surface area contributed by atoms with Gasteiger partial charge < -0.3 is 19.3 Å². The summed E-state index contributed by atoms with van der Waals surface area (Å²) in [5.41, 5.74) is -0.197. The van der Waals surface area contributed by atoms with Crippen LogP contribution in [0.25, 0.3) is 0 Å². The molecular formula is C30H37FN2O4. The monoisotopic (exact) mass is 508 g/mol. The third-order valence-corrected chi connectivity index (χ3v) is 8.53. The fraction of sp³-hybridized carbons (Fsp3) is 0.533. The summed E-state index contributed by atoms with van der Waals surface area (Å²) in [6.45, 7) is 3.97. The summed E-state index contributed by atoms with van der Waals surface area (Å²) in [7, 11) is 0. The van der Waals surface area contributed by atoms with Crippen LogP contribution in [0.1, 0.15) is 50.5 Å². The number of hydrogen-bond donors (Lipinski definition) is 0. The highest BCUT2D eigenvalue weighted by molar-refractivity contribution is 5.89. The molecule has 2 saturated heterocycles. The Morgan fingerprint density at radius 2 is 1.57 bits per heavy atom. The molecule has 3 fully saturated rings. The number of carbonyl (C=O) groups is 2. The number of nitrogens with zero attached hydrogens (tertiary/aromatic N) is 2. The Hall–Kier alpha value is -2.93. The Morgan fingerprint density at radius 1 is 0.865 bits per heavy atom. The van der Waals surface area contributed by atoms with Crippen molar-refractivity contribution in [1.29, 1.82) is 0 Å². The SMILES string of the molecule is O=C(CC1(COc2ccccc2)CCN(C(=O)C2(c3cccc(F)c3)CCCC2)CC1)N1CCOCC1. The van der Waals surface area contributed by atoms with Crippen molar-refractivity contribution in [3.8, 4) is 5.75 Å². The topological polar surface area (TPSA) is 59.1 Å². The first-order valence-electron chi connectivity index (χ1n) is 13.6. The molecule has 198 valence electrons. The first-order valence-corrected chi connectivity index (χ1v) is 13.6. The maximum atomic E-state index is 14.1. The predicted molar refractivity (Wildman–Crippen MR) is 139 cm³/mol. The van der Waals surface area contributed by atoms with E-state index in [-0.39, 0.29) is 23.0 Å². The van der Waals surface area contributed by atoms with Gasteiger partial charge in [0.05, 0.1) is 25.2 Å². The van der Waals surface area contributed by atoms with Crippen LogP contribution in [-0.4, -0.2) is 67.6 Å². The van der Waals surface area contributed by atoms with Gasteiger partial charge in [-0.25, -0.2) is 4.39 Å². The molecule has 6 nitrogen and oxygen atoms in total. The van der Waals surface area contributed by atoms with Crippen LogP contribution in [0.5, 0.6) is 5.75 Å². The van der Waals surface area contributed by atoms with Crippen molar-refractivity contribution in [2.45, 2.75) is 50.4 Å². The van der Waals surface area contributed by atoms with E-state index in [2.05, 4.69) is 0 Å². The van der Waals surface area contributed by atoms with E-state index in [1.165, 1.54) is 12.1 Å². The quantitative estimate of drug-likeness (QED) is 0.550. The number of hydrogen-bond acceptors (Lipinski definition) is 4. The number of morpholine rings is 1. The Morgan fingerprint density at radius 3 is 2.24 bits per heavy atom. The van der Waals surface area contributed by atoms with Crippen molar-refractivity contribution in [1.82, 2.24) is 9.80 Å². The van der Waals surface area contributed by atoms with Gasteiger partial charge in [-0.3, -0.25) is 9.59 Å². The summed E-state index contributed by atoms with van der Waals surface area (Å²) >= 11 is 0. The van der Waals surface area contributed by atoms with E-state index in [1.54, 1.807) is 6.07 Å². The van der Waals surface area contributed by atoms with E-state index in [0.717, 1.165) is 37.0 Å². The maximum absolute atomic E-state index is 14.1. The average Bonchev–Trinajstić information content (AvgIpc) is 3.45. The molecule has 1 aliphatic carbocycles. The third-order valence-electron chi connectivity index (χ3n) is 8.53. The van der Waals surface area contributed by atoms with Gasteiger partial charge in [-0.1, -0.05) is 43.2 Å². The molecule has 2 aromatic rings. The summed E-state index contributed by atoms with van der Waals surface area (Å²) in [5, 5.41) is 0. The highest BCUT2D eigenvalue weighted by Crippen LogP contribution is 2.45. The molecule has 0 bridgehead atoms. The summed E-state index contributed by atoms with van der Waals surface area (Å²) in [5.74, 6) is 0.726. The largest absolute Gasteiger partial charge is 0.493 e. The minimum absolute atomic E-state index is 0.104. The molecule has 3 aliphatic rings. The fourth-order valence-corrected chi connectivity index (χ4v) is 6.25. The van der Waals surface area contributed by atoms with E-state index in [0.29, 0.717) is 65.3 Å². The van der Waals surface area contributed by atoms with Crippen LogP contribution in [-0.2, 0) is 19.7 Å². The number of likely N-dealkylation sites (tertiary alicyclic amines) is 1. The first-order chi connectivity index (χ1) is 18.0. The zero-order valence-corrected chi connectivity index (χ0v) is 21.5. The van der Waals surface area contributed by atoms with Gasteiger partial charge in [-0.2, -0.15) is 0 Å². The predicted octanol–water partition coefficient (Wildman–Crippen LogP) is 4.57. The summed E-state index contributed by atoms with van der Waals surface area (Å²) in [6.07, 6.45) is 5.24. The van der Waals surface area contributed by atoms with Gasteiger partial charge in [-0.05, 0) is 55.5 Å². The van der Waals surface area contributed by atoms with Crippen LogP contribution < -0.4 is 4.74 Å². The molecule has 2 aliphatic heterocycles. The number of rotatable bonds is 7. The number of ether oxygens (including phenoxy) is 2. The minimum atomic E-state index is -0.647. The molecule has 0 N–H and O–H groups in total. The van der Waals surface area contributed by atoms with Crippen molar-refractivity contribution >= 4 is 11.8 Å². The zero-order chi connectivity index (χ0) is 25.7. The molecule has 0 radical (unpaired) electrons. The van der Waals surface area contributed by atoms with Crippen molar-refractivity contribution < 1.29 is 23.5 Å². The molecule has 0 aromatic heterocycles. The van der Waals surface area contributed by atoms with Crippen LogP contribution in [0.4, 0.5) is 4.39 Å². The molecule has 7 heteroatoms. The Kier molecular flexibility index (Phi) is 7.79. The Balaban J connectivity index is 1.31. The molecule has 2 aromatic carbocycles. The highest BCUT2D eigenvalue weighted by atomic mass is 19.1. The fourth-order valence-electron chi connectivity index (χ4n) is 6.25. The lowest BCUT2D eigenvalue weighted by Crippen LogP contribution is -2.53. The summed E-state index contributed by atoms with van der Waals surface area (Å²) in [6, 6.07) is 16.3. The van der Waals surface area contributed by atoms with Crippen LogP contribution in [0, 0.1) is 11.2 Å². The van der Waals surface area contributed by atoms with Crippen molar-refractivity contribution in [2.75, 3.05) is 46.0 Å². The Labute approximate surface area is 218 Å². The van der Waals surface area contributed by atoms with Crippen LogP contribution >= 0.6 is 0 Å². The lowest BCUT2D eigenvalue weighted by Gasteiger charge is -2.44. The first kappa shape index (κ1) is 25.7. The second-order valence-electron chi connectivity index (χ2n) is 10.9. The van der Waals surface area contributed by atoms with E-state index in [1.807, 2.05) is 46.2 Å². The number of amides is 2. The number of benzene rings is 2. The van der Waals surface area contributed by atoms with Crippen molar-refractivity contribution in [2.24, 2.45) is 5.41 Å². The van der Waals surface area contributed by atoms with Gasteiger partial charge in [-0.15, -0.1) is 0 Å². The minimum Gasteiger partial charge on any atom is -0.493 e. The van der Waals surface area contributed by atoms with Gasteiger partial charge >= 0.3 is 0 Å². The molecular weight excluding hydrogens is 471 g/mol. The van der Waals surface area contributed by atoms with Crippen LogP contribution in [0.3, 0.4) is 0 Å². The average molecular weight is 509 g/mol. The normalized spacial score (nSPS) is 21.0. The summed E-state index contributed by atoms with van der Waals surface area (Å²) in [4.78, 5) is 31.1. The molecule has 37 heavy (non-hydrogen) atoms. The smallest absolute Gasteiger partial charge is 0.233 e. The van der Waals surface area contributed by atoms with Gasteiger partial charge in [0.2, 0.25) is 11.8 Å². The summed E-state index contributed by atoms with van der Waals surface area (Å²) < 4.78 is 25.7. The van der Waals surface area contributed by atoms with Crippen LogP contribution in [0.2, 0.25) is 0 Å². The van der Waals surface area contributed by atoms with Crippen molar-refractivity contribution in [3.05, 3.63) is 66.0 Å². The Bertz CT molecular complexity index is 1070. The molecule has 0 unspecified atom stereocenters. The molecule has 2 amide bonds. The van der Waals surface area contributed by atoms with E-state index in [4.69, 9.17) is 9.47 Å². The zero-order valence-electron chi connectivity index (χ0n) is 21.5. The van der Waals surface area contributed by atoms with Gasteiger partial charge in [0.25, 0.3) is 0 Å². The number of piperidine rings is 1. The molecule has 0 spiro atoms. The second-order valence-corrected chi connectivity index (χ2v) is 10.9. The van der Waals surface area contributed by atoms with Gasteiger partial charge in [0, 0.05) is 38.0 Å². The maximum Gasteiger partial charge on any atom is 0.233 e. The third kappa shape index (κ3) is 5.66. The second kappa shape index (κ2) is 11.2. The standard InChI is InChI=1S/C30H37FN2O4/c31-25-8-6-7-24(21-25)30(11-4-5-12-30)28(35)33-15-13-29(14-16-33,23-37-26-9-2-1-3-10-26)22-27(34)32-17-19-36-20-18-32/h1-3,6-10,21H,4-5,11-20,22-23H2. The number of para-hydroxylation sites is 1.